The largest absolute Gasteiger partial charge is 0.465 e. The Balaban J connectivity index is 0.00000225. The van der Waals surface area contributed by atoms with E-state index in [2.05, 4.69) is 9.72 Å². The van der Waals surface area contributed by atoms with Gasteiger partial charge in [0.15, 0.2) is 6.10 Å². The van der Waals surface area contributed by atoms with Crippen molar-refractivity contribution in [3.8, 4) is 5.88 Å². The molecule has 1 heterocycles. The smallest absolute Gasteiger partial charge is 0.425 e. The van der Waals surface area contributed by atoms with Crippen molar-refractivity contribution in [2.45, 2.75) is 25.7 Å². The number of halogens is 4. The SMILES string of the molecule is CC(Oc1ccc(CN)cn1)C(F)(F)F.Cl. The molecular formula is C9H12ClF3N2O. The summed E-state index contributed by atoms with van der Waals surface area (Å²) >= 11 is 0. The lowest BCUT2D eigenvalue weighted by molar-refractivity contribution is -0.189. The van der Waals surface area contributed by atoms with Crippen LogP contribution in [-0.2, 0) is 6.54 Å². The van der Waals surface area contributed by atoms with Gasteiger partial charge in [-0.05, 0) is 12.5 Å². The number of nitrogens with two attached hydrogens (primary N) is 1. The number of ether oxygens (including phenoxy) is 1. The number of hydrogen-bond acceptors (Lipinski definition) is 3. The third-order valence-electron chi connectivity index (χ3n) is 1.79. The number of hydrogen-bond donors (Lipinski definition) is 1. The molecule has 16 heavy (non-hydrogen) atoms. The van der Waals surface area contributed by atoms with Crippen LogP contribution in [0.4, 0.5) is 13.2 Å². The van der Waals surface area contributed by atoms with Crippen LogP contribution in [-0.4, -0.2) is 17.3 Å². The maximum Gasteiger partial charge on any atom is 0.425 e. The molecular weight excluding hydrogens is 245 g/mol. The van der Waals surface area contributed by atoms with Crippen LogP contribution in [0.3, 0.4) is 0 Å². The standard InChI is InChI=1S/C9H11F3N2O.ClH/c1-6(9(10,11)12)15-8-3-2-7(4-13)5-14-8;/h2-3,5-6H,4,13H2,1H3;1H. The second-order valence-electron chi connectivity index (χ2n) is 3.01. The normalized spacial score (nSPS) is 12.8. The molecule has 1 unspecified atom stereocenters. The van der Waals surface area contributed by atoms with E-state index >= 15 is 0 Å². The van der Waals surface area contributed by atoms with Crippen molar-refractivity contribution in [3.63, 3.8) is 0 Å². The van der Waals surface area contributed by atoms with Gasteiger partial charge in [-0.1, -0.05) is 6.07 Å². The summed E-state index contributed by atoms with van der Waals surface area (Å²) in [5, 5.41) is 0. The van der Waals surface area contributed by atoms with Gasteiger partial charge in [0, 0.05) is 18.8 Å². The van der Waals surface area contributed by atoms with E-state index in [1.807, 2.05) is 0 Å². The molecule has 92 valence electrons. The number of pyridine rings is 1. The van der Waals surface area contributed by atoms with Crippen LogP contribution in [0.5, 0.6) is 5.88 Å². The van der Waals surface area contributed by atoms with Crippen LogP contribution in [0.2, 0.25) is 0 Å². The van der Waals surface area contributed by atoms with Crippen LogP contribution in [0, 0.1) is 0 Å². The highest BCUT2D eigenvalue weighted by atomic mass is 35.5. The molecule has 0 bridgehead atoms. The monoisotopic (exact) mass is 256 g/mol. The van der Waals surface area contributed by atoms with Crippen LogP contribution >= 0.6 is 12.4 Å². The van der Waals surface area contributed by atoms with Crippen molar-refractivity contribution in [2.75, 3.05) is 0 Å². The van der Waals surface area contributed by atoms with Gasteiger partial charge in [-0.15, -0.1) is 12.4 Å². The molecule has 0 amide bonds. The molecule has 0 radical (unpaired) electrons. The average Bonchev–Trinajstić information content (AvgIpc) is 2.17. The fourth-order valence-electron chi connectivity index (χ4n) is 0.849. The van der Waals surface area contributed by atoms with Gasteiger partial charge in [0.1, 0.15) is 0 Å². The maximum absolute atomic E-state index is 12.1. The summed E-state index contributed by atoms with van der Waals surface area (Å²) < 4.78 is 40.9. The summed E-state index contributed by atoms with van der Waals surface area (Å²) in [5.74, 6) is -0.0583. The predicted octanol–water partition coefficient (Wildman–Crippen LogP) is 2.29. The lowest BCUT2D eigenvalue weighted by Crippen LogP contribution is -2.31. The van der Waals surface area contributed by atoms with E-state index in [0.717, 1.165) is 12.5 Å². The van der Waals surface area contributed by atoms with Crippen molar-refractivity contribution in [1.29, 1.82) is 0 Å². The Kier molecular flexibility index (Phi) is 5.53. The molecule has 2 N–H and O–H groups in total. The van der Waals surface area contributed by atoms with Gasteiger partial charge in [0.2, 0.25) is 5.88 Å². The first-order chi connectivity index (χ1) is 6.93. The van der Waals surface area contributed by atoms with E-state index in [9.17, 15) is 13.2 Å². The average molecular weight is 257 g/mol. The van der Waals surface area contributed by atoms with Crippen LogP contribution in [0.1, 0.15) is 12.5 Å². The Morgan fingerprint density at radius 3 is 2.44 bits per heavy atom. The van der Waals surface area contributed by atoms with Crippen molar-refractivity contribution in [3.05, 3.63) is 23.9 Å². The summed E-state index contributed by atoms with van der Waals surface area (Å²) in [6, 6.07) is 2.94. The molecule has 0 spiro atoms. The summed E-state index contributed by atoms with van der Waals surface area (Å²) in [6.07, 6.45) is -4.86. The van der Waals surface area contributed by atoms with Crippen molar-refractivity contribution in [2.24, 2.45) is 5.73 Å². The molecule has 0 aliphatic rings. The zero-order valence-electron chi connectivity index (χ0n) is 8.49. The highest BCUT2D eigenvalue weighted by Gasteiger charge is 2.38. The Bertz CT molecular complexity index is 316. The van der Waals surface area contributed by atoms with Gasteiger partial charge >= 0.3 is 6.18 Å². The second-order valence-corrected chi connectivity index (χ2v) is 3.01. The van der Waals surface area contributed by atoms with Gasteiger partial charge in [-0.2, -0.15) is 13.2 Å². The van der Waals surface area contributed by atoms with Crippen LogP contribution < -0.4 is 10.5 Å². The summed E-state index contributed by atoms with van der Waals surface area (Å²) in [5.41, 5.74) is 6.05. The topological polar surface area (TPSA) is 48.1 Å². The minimum atomic E-state index is -4.38. The highest BCUT2D eigenvalue weighted by molar-refractivity contribution is 5.85. The number of aromatic nitrogens is 1. The van der Waals surface area contributed by atoms with E-state index < -0.39 is 12.3 Å². The van der Waals surface area contributed by atoms with Crippen LogP contribution in [0.25, 0.3) is 0 Å². The van der Waals surface area contributed by atoms with Crippen LogP contribution in [0.15, 0.2) is 18.3 Å². The minimum absolute atomic E-state index is 0. The fourth-order valence-corrected chi connectivity index (χ4v) is 0.849. The third-order valence-corrected chi connectivity index (χ3v) is 1.79. The van der Waals surface area contributed by atoms with Gasteiger partial charge in [0.05, 0.1) is 0 Å². The van der Waals surface area contributed by atoms with Gasteiger partial charge in [0.25, 0.3) is 0 Å². The molecule has 1 rings (SSSR count). The minimum Gasteiger partial charge on any atom is -0.465 e. The fraction of sp³-hybridized carbons (Fsp3) is 0.444. The molecule has 1 aromatic rings. The number of nitrogens with zero attached hydrogens (tertiary/aromatic N) is 1. The lowest BCUT2D eigenvalue weighted by Gasteiger charge is -2.16. The van der Waals surface area contributed by atoms with Gasteiger partial charge in [-0.25, -0.2) is 4.98 Å². The summed E-state index contributed by atoms with van der Waals surface area (Å²) in [4.78, 5) is 3.70. The maximum atomic E-state index is 12.1. The van der Waals surface area contributed by atoms with Gasteiger partial charge in [-0.3, -0.25) is 0 Å². The van der Waals surface area contributed by atoms with E-state index in [-0.39, 0.29) is 18.3 Å². The Labute approximate surface area is 97.2 Å². The van der Waals surface area contributed by atoms with E-state index in [1.54, 1.807) is 6.07 Å². The van der Waals surface area contributed by atoms with Crippen molar-refractivity contribution < 1.29 is 17.9 Å². The highest BCUT2D eigenvalue weighted by Crippen LogP contribution is 2.23. The zero-order valence-corrected chi connectivity index (χ0v) is 9.31. The molecule has 1 atom stereocenters. The Hall–Kier alpha value is -1.01. The first-order valence-corrected chi connectivity index (χ1v) is 4.32. The Morgan fingerprint density at radius 2 is 2.06 bits per heavy atom. The number of alkyl halides is 3. The zero-order chi connectivity index (χ0) is 11.5. The first kappa shape index (κ1) is 15.0. The summed E-state index contributed by atoms with van der Waals surface area (Å²) in [7, 11) is 0. The molecule has 0 aromatic carbocycles. The molecule has 1 aromatic heterocycles. The van der Waals surface area contributed by atoms with E-state index in [1.165, 1.54) is 12.3 Å². The first-order valence-electron chi connectivity index (χ1n) is 4.32. The molecule has 7 heteroatoms. The van der Waals surface area contributed by atoms with E-state index in [0.29, 0.717) is 6.54 Å². The van der Waals surface area contributed by atoms with Gasteiger partial charge < -0.3 is 10.5 Å². The second kappa shape index (κ2) is 5.91. The molecule has 3 nitrogen and oxygen atoms in total. The third kappa shape index (κ3) is 4.24. The quantitative estimate of drug-likeness (QED) is 0.903. The molecule has 0 saturated heterocycles. The summed E-state index contributed by atoms with van der Waals surface area (Å²) in [6.45, 7) is 1.22. The number of rotatable bonds is 3. The molecule has 0 aliphatic carbocycles. The molecule has 0 fully saturated rings. The predicted molar refractivity (Wildman–Crippen MR) is 55.5 cm³/mol. The Morgan fingerprint density at radius 1 is 1.44 bits per heavy atom. The van der Waals surface area contributed by atoms with E-state index in [4.69, 9.17) is 5.73 Å². The molecule has 0 saturated carbocycles. The van der Waals surface area contributed by atoms with Crippen molar-refractivity contribution >= 4 is 12.4 Å². The van der Waals surface area contributed by atoms with Crippen molar-refractivity contribution in [1.82, 2.24) is 4.98 Å². The lowest BCUT2D eigenvalue weighted by atomic mass is 10.3. The molecule has 0 aliphatic heterocycles.